The van der Waals surface area contributed by atoms with Gasteiger partial charge in [-0.3, -0.25) is 4.98 Å². The summed E-state index contributed by atoms with van der Waals surface area (Å²) in [5.74, 6) is -0.0993. The molecule has 0 bridgehead atoms. The predicted molar refractivity (Wildman–Crippen MR) is 74.3 cm³/mol. The molecule has 0 fully saturated rings. The first kappa shape index (κ1) is 12.3. The second-order valence-electron chi connectivity index (χ2n) is 4.41. The molecule has 100 valence electrons. The third-order valence-electron chi connectivity index (χ3n) is 3.11. The molecule has 0 aliphatic carbocycles. The lowest BCUT2D eigenvalue weighted by Gasteiger charge is -2.04. The first-order valence-corrected chi connectivity index (χ1v) is 6.10. The standard InChI is InChI=1S/C15H12FN3O/c1-9-12(3-2-8-18-9)14-13(15(17)20-19-14)10-4-6-11(16)7-5-10/h2-8H,17H2,1H3. The number of rotatable bonds is 2. The van der Waals surface area contributed by atoms with Crippen LogP contribution in [0.1, 0.15) is 5.69 Å². The Morgan fingerprint density at radius 1 is 1.15 bits per heavy atom. The van der Waals surface area contributed by atoms with Crippen LogP contribution in [0.25, 0.3) is 22.4 Å². The maximum Gasteiger partial charge on any atom is 0.230 e. The van der Waals surface area contributed by atoms with Crippen molar-refractivity contribution < 1.29 is 8.91 Å². The average molecular weight is 269 g/mol. The highest BCUT2D eigenvalue weighted by Crippen LogP contribution is 2.36. The van der Waals surface area contributed by atoms with Gasteiger partial charge in [0, 0.05) is 17.5 Å². The number of aryl methyl sites for hydroxylation is 1. The van der Waals surface area contributed by atoms with Gasteiger partial charge in [0.15, 0.2) is 0 Å². The fraction of sp³-hybridized carbons (Fsp3) is 0.0667. The summed E-state index contributed by atoms with van der Waals surface area (Å²) < 4.78 is 18.1. The second-order valence-corrected chi connectivity index (χ2v) is 4.41. The number of pyridine rings is 1. The molecular formula is C15H12FN3O. The fourth-order valence-corrected chi connectivity index (χ4v) is 2.12. The third kappa shape index (κ3) is 2.03. The molecule has 0 spiro atoms. The van der Waals surface area contributed by atoms with Crippen molar-refractivity contribution in [2.24, 2.45) is 0 Å². The van der Waals surface area contributed by atoms with Gasteiger partial charge in [-0.25, -0.2) is 4.39 Å². The van der Waals surface area contributed by atoms with E-state index in [0.717, 1.165) is 16.8 Å². The molecule has 20 heavy (non-hydrogen) atoms. The highest BCUT2D eigenvalue weighted by molar-refractivity contribution is 5.87. The van der Waals surface area contributed by atoms with Gasteiger partial charge in [0.2, 0.25) is 5.88 Å². The maximum atomic E-state index is 13.0. The summed E-state index contributed by atoms with van der Waals surface area (Å²) in [6.45, 7) is 1.88. The molecular weight excluding hydrogens is 257 g/mol. The Kier molecular flexibility index (Phi) is 2.95. The summed E-state index contributed by atoms with van der Waals surface area (Å²) in [6.07, 6.45) is 1.71. The van der Waals surface area contributed by atoms with Gasteiger partial charge in [-0.05, 0) is 36.8 Å². The van der Waals surface area contributed by atoms with E-state index >= 15 is 0 Å². The largest absolute Gasteiger partial charge is 0.367 e. The van der Waals surface area contributed by atoms with E-state index in [1.54, 1.807) is 18.3 Å². The van der Waals surface area contributed by atoms with Crippen molar-refractivity contribution in [3.8, 4) is 22.4 Å². The van der Waals surface area contributed by atoms with Crippen LogP contribution >= 0.6 is 0 Å². The summed E-state index contributed by atoms with van der Waals surface area (Å²) in [7, 11) is 0. The number of aromatic nitrogens is 2. The zero-order valence-electron chi connectivity index (χ0n) is 10.8. The molecule has 1 aromatic carbocycles. The van der Waals surface area contributed by atoms with Crippen molar-refractivity contribution in [2.45, 2.75) is 6.92 Å². The van der Waals surface area contributed by atoms with Crippen molar-refractivity contribution in [3.63, 3.8) is 0 Å². The fourth-order valence-electron chi connectivity index (χ4n) is 2.12. The smallest absolute Gasteiger partial charge is 0.230 e. The topological polar surface area (TPSA) is 64.9 Å². The molecule has 2 N–H and O–H groups in total. The molecule has 0 aliphatic rings. The Labute approximate surface area is 115 Å². The van der Waals surface area contributed by atoms with Gasteiger partial charge >= 0.3 is 0 Å². The van der Waals surface area contributed by atoms with Gasteiger partial charge in [-0.2, -0.15) is 0 Å². The van der Waals surface area contributed by atoms with Crippen LogP contribution in [0, 0.1) is 12.7 Å². The first-order chi connectivity index (χ1) is 9.66. The van der Waals surface area contributed by atoms with Crippen molar-refractivity contribution in [2.75, 3.05) is 5.73 Å². The Balaban J connectivity index is 2.20. The number of hydrogen-bond acceptors (Lipinski definition) is 4. The Morgan fingerprint density at radius 2 is 1.90 bits per heavy atom. The predicted octanol–water partition coefficient (Wildman–Crippen LogP) is 3.43. The Bertz CT molecular complexity index is 750. The minimum atomic E-state index is -0.303. The third-order valence-corrected chi connectivity index (χ3v) is 3.11. The van der Waals surface area contributed by atoms with E-state index in [2.05, 4.69) is 10.1 Å². The number of nitrogens with two attached hydrogens (primary N) is 1. The second kappa shape index (κ2) is 4.77. The molecule has 0 atom stereocenters. The first-order valence-electron chi connectivity index (χ1n) is 6.10. The lowest BCUT2D eigenvalue weighted by atomic mass is 10.0. The van der Waals surface area contributed by atoms with E-state index in [9.17, 15) is 4.39 Å². The zero-order chi connectivity index (χ0) is 14.1. The van der Waals surface area contributed by atoms with Crippen LogP contribution in [0.3, 0.4) is 0 Å². The number of hydrogen-bond donors (Lipinski definition) is 1. The molecule has 0 amide bonds. The lowest BCUT2D eigenvalue weighted by Crippen LogP contribution is -1.91. The van der Waals surface area contributed by atoms with Crippen LogP contribution in [0.15, 0.2) is 47.1 Å². The van der Waals surface area contributed by atoms with Crippen molar-refractivity contribution in [1.82, 2.24) is 10.1 Å². The summed E-state index contributed by atoms with van der Waals surface area (Å²) >= 11 is 0. The summed E-state index contributed by atoms with van der Waals surface area (Å²) in [6, 6.07) is 9.76. The van der Waals surface area contributed by atoms with Crippen molar-refractivity contribution in [1.29, 1.82) is 0 Å². The molecule has 0 saturated heterocycles. The maximum absolute atomic E-state index is 13.0. The highest BCUT2D eigenvalue weighted by Gasteiger charge is 2.18. The number of halogens is 1. The van der Waals surface area contributed by atoms with Gasteiger partial charge in [0.05, 0.1) is 5.56 Å². The monoisotopic (exact) mass is 269 g/mol. The minimum Gasteiger partial charge on any atom is -0.367 e. The van der Waals surface area contributed by atoms with E-state index < -0.39 is 0 Å². The number of nitrogen functional groups attached to an aromatic ring is 1. The van der Waals surface area contributed by atoms with E-state index in [1.807, 2.05) is 19.1 Å². The van der Waals surface area contributed by atoms with Crippen LogP contribution < -0.4 is 5.73 Å². The normalized spacial score (nSPS) is 10.7. The number of benzene rings is 1. The van der Waals surface area contributed by atoms with Gasteiger partial charge < -0.3 is 10.3 Å². The van der Waals surface area contributed by atoms with Crippen molar-refractivity contribution >= 4 is 5.88 Å². The van der Waals surface area contributed by atoms with Gasteiger partial charge in [-0.1, -0.05) is 17.3 Å². The van der Waals surface area contributed by atoms with Gasteiger partial charge in [-0.15, -0.1) is 0 Å². The SMILES string of the molecule is Cc1ncccc1-c1noc(N)c1-c1ccc(F)cc1. The highest BCUT2D eigenvalue weighted by atomic mass is 19.1. The number of anilines is 1. The molecule has 4 nitrogen and oxygen atoms in total. The molecule has 0 aliphatic heterocycles. The van der Waals surface area contributed by atoms with E-state index in [-0.39, 0.29) is 11.7 Å². The van der Waals surface area contributed by atoms with Gasteiger partial charge in [0.1, 0.15) is 11.5 Å². The quantitative estimate of drug-likeness (QED) is 0.774. The van der Waals surface area contributed by atoms with Crippen LogP contribution in [-0.2, 0) is 0 Å². The number of nitrogens with zero attached hydrogens (tertiary/aromatic N) is 2. The summed E-state index contributed by atoms with van der Waals surface area (Å²) in [5, 5.41) is 4.01. The Hall–Kier alpha value is -2.69. The molecule has 0 radical (unpaired) electrons. The minimum absolute atomic E-state index is 0.204. The molecule has 2 heterocycles. The van der Waals surface area contributed by atoms with Crippen LogP contribution in [0.4, 0.5) is 10.3 Å². The van der Waals surface area contributed by atoms with E-state index in [0.29, 0.717) is 11.3 Å². The van der Waals surface area contributed by atoms with Crippen LogP contribution in [0.2, 0.25) is 0 Å². The van der Waals surface area contributed by atoms with Crippen molar-refractivity contribution in [3.05, 3.63) is 54.1 Å². The van der Waals surface area contributed by atoms with Gasteiger partial charge in [0.25, 0.3) is 0 Å². The summed E-state index contributed by atoms with van der Waals surface area (Å²) in [4.78, 5) is 4.23. The van der Waals surface area contributed by atoms with E-state index in [4.69, 9.17) is 10.3 Å². The molecule has 5 heteroatoms. The lowest BCUT2D eigenvalue weighted by molar-refractivity contribution is 0.439. The van der Waals surface area contributed by atoms with Crippen LogP contribution in [-0.4, -0.2) is 10.1 Å². The molecule has 0 unspecified atom stereocenters. The average Bonchev–Trinajstić information content (AvgIpc) is 2.82. The molecule has 3 aromatic rings. The molecule has 3 rings (SSSR count). The molecule has 2 aromatic heterocycles. The Morgan fingerprint density at radius 3 is 2.60 bits per heavy atom. The summed E-state index contributed by atoms with van der Waals surface area (Å²) in [5.41, 5.74) is 9.54. The van der Waals surface area contributed by atoms with Crippen LogP contribution in [0.5, 0.6) is 0 Å². The zero-order valence-corrected chi connectivity index (χ0v) is 10.8. The molecule has 0 saturated carbocycles. The van der Waals surface area contributed by atoms with E-state index in [1.165, 1.54) is 12.1 Å².